The van der Waals surface area contributed by atoms with Crippen molar-refractivity contribution in [3.63, 3.8) is 0 Å². The minimum Gasteiger partial charge on any atom is -0.478 e. The molecule has 0 aliphatic carbocycles. The number of carboxylic acid groups (broad SMARTS) is 1. The second-order valence-electron chi connectivity index (χ2n) is 4.35. The Kier molecular flexibility index (Phi) is 3.46. The van der Waals surface area contributed by atoms with Crippen LogP contribution in [0.3, 0.4) is 0 Å². The molecule has 1 aromatic carbocycles. The second kappa shape index (κ2) is 5.04. The molecule has 1 aromatic heterocycles. The van der Waals surface area contributed by atoms with E-state index in [1.165, 1.54) is 11.8 Å². The highest BCUT2D eigenvalue weighted by atomic mass is 16.4. The first kappa shape index (κ1) is 12.4. The molecule has 0 saturated carbocycles. The smallest absolute Gasteiger partial charge is 0.339 e. The average Bonchev–Trinajstić information content (AvgIpc) is 2.36. The number of nitrogens with two attached hydrogens (primary N) is 1. The highest BCUT2D eigenvalue weighted by molar-refractivity contribution is 6.03. The highest BCUT2D eigenvalue weighted by Crippen LogP contribution is 2.24. The Morgan fingerprint density at radius 1 is 1.44 bits per heavy atom. The second-order valence-corrected chi connectivity index (χ2v) is 4.35. The number of aromatic carboxylic acids is 1. The zero-order chi connectivity index (χ0) is 13.1. The Balaban J connectivity index is 2.52. The number of aromatic nitrogens is 1. The van der Waals surface area contributed by atoms with Gasteiger partial charge < -0.3 is 10.8 Å². The summed E-state index contributed by atoms with van der Waals surface area (Å²) in [5, 5.41) is 9.74. The van der Waals surface area contributed by atoms with Gasteiger partial charge in [-0.3, -0.25) is 4.98 Å². The molecule has 1 heterocycles. The minimum absolute atomic E-state index is 0.0649. The van der Waals surface area contributed by atoms with Gasteiger partial charge in [0.15, 0.2) is 0 Å². The fourth-order valence-corrected chi connectivity index (χ4v) is 1.97. The van der Waals surface area contributed by atoms with Crippen LogP contribution in [0, 0.1) is 0 Å². The third kappa shape index (κ3) is 2.27. The third-order valence-electron chi connectivity index (χ3n) is 3.02. The number of hydrogen-bond acceptors (Lipinski definition) is 3. The zero-order valence-electron chi connectivity index (χ0n) is 10.3. The van der Waals surface area contributed by atoms with E-state index in [1.54, 1.807) is 0 Å². The highest BCUT2D eigenvalue weighted by Gasteiger charge is 2.12. The van der Waals surface area contributed by atoms with Crippen molar-refractivity contribution in [3.8, 4) is 0 Å². The number of pyridine rings is 1. The van der Waals surface area contributed by atoms with Crippen molar-refractivity contribution in [3.05, 3.63) is 35.5 Å². The van der Waals surface area contributed by atoms with Crippen molar-refractivity contribution in [2.45, 2.75) is 26.2 Å². The summed E-state index contributed by atoms with van der Waals surface area (Å²) in [7, 11) is 0. The van der Waals surface area contributed by atoms with Gasteiger partial charge in [-0.25, -0.2) is 4.79 Å². The summed E-state index contributed by atoms with van der Waals surface area (Å²) in [4.78, 5) is 15.1. The number of benzene rings is 1. The monoisotopic (exact) mass is 244 g/mol. The fraction of sp³-hybridized carbons (Fsp3) is 0.286. The zero-order valence-corrected chi connectivity index (χ0v) is 10.3. The van der Waals surface area contributed by atoms with Crippen LogP contribution < -0.4 is 5.73 Å². The van der Waals surface area contributed by atoms with Gasteiger partial charge in [0.2, 0.25) is 0 Å². The Morgan fingerprint density at radius 2 is 2.22 bits per heavy atom. The summed E-state index contributed by atoms with van der Waals surface area (Å²) in [6, 6.07) is 5.85. The first-order valence-corrected chi connectivity index (χ1v) is 6.04. The van der Waals surface area contributed by atoms with Crippen molar-refractivity contribution in [2.75, 3.05) is 5.73 Å². The lowest BCUT2D eigenvalue weighted by Crippen LogP contribution is -2.04. The Hall–Kier alpha value is -2.10. The Morgan fingerprint density at radius 3 is 2.89 bits per heavy atom. The molecule has 0 amide bonds. The average molecular weight is 244 g/mol. The molecule has 0 fully saturated rings. The number of fused-ring (bicyclic) bond motifs is 1. The molecule has 0 aliphatic rings. The topological polar surface area (TPSA) is 76.2 Å². The van der Waals surface area contributed by atoms with Gasteiger partial charge in [-0.2, -0.15) is 0 Å². The van der Waals surface area contributed by atoms with Crippen molar-refractivity contribution in [2.24, 2.45) is 0 Å². The van der Waals surface area contributed by atoms with E-state index in [0.29, 0.717) is 5.69 Å². The number of nitrogen functional groups attached to an aromatic ring is 1. The molecule has 0 spiro atoms. The van der Waals surface area contributed by atoms with Gasteiger partial charge in [-0.05, 0) is 30.5 Å². The molecule has 2 rings (SSSR count). The lowest BCUT2D eigenvalue weighted by Gasteiger charge is -2.07. The molecular formula is C14H16N2O2. The number of carboxylic acids is 1. The largest absolute Gasteiger partial charge is 0.478 e. The van der Waals surface area contributed by atoms with Crippen LogP contribution >= 0.6 is 0 Å². The molecule has 4 nitrogen and oxygen atoms in total. The standard InChI is InChI=1S/C14H16N2O2/c1-2-3-4-9-5-6-12-10(7-9)13(15)11(8-16-12)14(17)18/h5-8H,2-4H2,1H3,(H2,15,16)(H,17,18). The van der Waals surface area contributed by atoms with Crippen molar-refractivity contribution in [1.82, 2.24) is 4.98 Å². The fourth-order valence-electron chi connectivity index (χ4n) is 1.97. The molecule has 0 saturated heterocycles. The van der Waals surface area contributed by atoms with Gasteiger partial charge in [0.25, 0.3) is 0 Å². The van der Waals surface area contributed by atoms with E-state index in [9.17, 15) is 4.79 Å². The maximum absolute atomic E-state index is 11.0. The summed E-state index contributed by atoms with van der Waals surface area (Å²) in [5.74, 6) is -1.04. The summed E-state index contributed by atoms with van der Waals surface area (Å²) in [6.45, 7) is 2.14. The third-order valence-corrected chi connectivity index (χ3v) is 3.02. The predicted molar refractivity (Wildman–Crippen MR) is 71.7 cm³/mol. The summed E-state index contributed by atoms with van der Waals surface area (Å²) >= 11 is 0. The minimum atomic E-state index is -1.04. The van der Waals surface area contributed by atoms with Crippen LogP contribution in [0.1, 0.15) is 35.7 Å². The molecule has 0 radical (unpaired) electrons. The summed E-state index contributed by atoms with van der Waals surface area (Å²) < 4.78 is 0. The van der Waals surface area contributed by atoms with Crippen LogP contribution in [0.5, 0.6) is 0 Å². The van der Waals surface area contributed by atoms with E-state index < -0.39 is 5.97 Å². The van der Waals surface area contributed by atoms with Crippen molar-refractivity contribution < 1.29 is 9.90 Å². The number of aryl methyl sites for hydroxylation is 1. The van der Waals surface area contributed by atoms with Crippen LogP contribution in [0.15, 0.2) is 24.4 Å². The Bertz CT molecular complexity index is 594. The number of nitrogens with zero attached hydrogens (tertiary/aromatic N) is 1. The van der Waals surface area contributed by atoms with Crippen LogP contribution in [-0.2, 0) is 6.42 Å². The lowest BCUT2D eigenvalue weighted by molar-refractivity contribution is 0.0698. The molecule has 4 heteroatoms. The summed E-state index contributed by atoms with van der Waals surface area (Å²) in [6.07, 6.45) is 4.52. The van der Waals surface area contributed by atoms with Crippen LogP contribution in [0.4, 0.5) is 5.69 Å². The molecule has 0 atom stereocenters. The number of unbranched alkanes of at least 4 members (excludes halogenated alkanes) is 1. The SMILES string of the molecule is CCCCc1ccc2ncc(C(=O)O)c(N)c2c1. The van der Waals surface area contributed by atoms with E-state index in [1.807, 2.05) is 18.2 Å². The van der Waals surface area contributed by atoms with Gasteiger partial charge >= 0.3 is 5.97 Å². The molecular weight excluding hydrogens is 228 g/mol. The van der Waals surface area contributed by atoms with E-state index in [-0.39, 0.29) is 5.56 Å². The van der Waals surface area contributed by atoms with Crippen molar-refractivity contribution >= 4 is 22.6 Å². The summed E-state index contributed by atoms with van der Waals surface area (Å²) in [5.41, 5.74) is 8.16. The van der Waals surface area contributed by atoms with E-state index in [0.717, 1.165) is 30.2 Å². The van der Waals surface area contributed by atoms with Gasteiger partial charge in [-0.1, -0.05) is 19.4 Å². The maximum atomic E-state index is 11.0. The van der Waals surface area contributed by atoms with Gasteiger partial charge in [0.05, 0.1) is 11.2 Å². The molecule has 0 unspecified atom stereocenters. The van der Waals surface area contributed by atoms with Crippen LogP contribution in [0.25, 0.3) is 10.9 Å². The van der Waals surface area contributed by atoms with Crippen LogP contribution in [-0.4, -0.2) is 16.1 Å². The number of hydrogen-bond donors (Lipinski definition) is 2. The quantitative estimate of drug-likeness (QED) is 0.867. The molecule has 94 valence electrons. The molecule has 0 aliphatic heterocycles. The normalized spacial score (nSPS) is 10.7. The van der Waals surface area contributed by atoms with Crippen molar-refractivity contribution in [1.29, 1.82) is 0 Å². The molecule has 2 aromatic rings. The lowest BCUT2D eigenvalue weighted by atomic mass is 10.0. The van der Waals surface area contributed by atoms with E-state index in [2.05, 4.69) is 11.9 Å². The van der Waals surface area contributed by atoms with E-state index >= 15 is 0 Å². The predicted octanol–water partition coefficient (Wildman–Crippen LogP) is 2.86. The number of rotatable bonds is 4. The van der Waals surface area contributed by atoms with Crippen LogP contribution in [0.2, 0.25) is 0 Å². The number of carbonyl (C=O) groups is 1. The first-order chi connectivity index (χ1) is 8.63. The Labute approximate surface area is 105 Å². The van der Waals surface area contributed by atoms with Gasteiger partial charge in [-0.15, -0.1) is 0 Å². The molecule has 18 heavy (non-hydrogen) atoms. The van der Waals surface area contributed by atoms with Gasteiger partial charge in [0, 0.05) is 11.6 Å². The van der Waals surface area contributed by atoms with E-state index in [4.69, 9.17) is 10.8 Å². The first-order valence-electron chi connectivity index (χ1n) is 6.04. The number of anilines is 1. The maximum Gasteiger partial charge on any atom is 0.339 e. The molecule has 0 bridgehead atoms. The van der Waals surface area contributed by atoms with Gasteiger partial charge in [0.1, 0.15) is 5.56 Å². The molecule has 3 N–H and O–H groups in total.